The van der Waals surface area contributed by atoms with Gasteiger partial charge in [-0.25, -0.2) is 9.37 Å². The molecule has 1 N–H and O–H groups in total. The minimum absolute atomic E-state index is 0.218. The van der Waals surface area contributed by atoms with Crippen LogP contribution in [0.25, 0.3) is 11.3 Å². The third-order valence-electron chi connectivity index (χ3n) is 1.91. The van der Waals surface area contributed by atoms with E-state index in [0.29, 0.717) is 11.3 Å². The minimum Gasteiger partial charge on any atom is -0.345 e. The molecule has 3 heteroatoms. The Labute approximate surface area is 75.4 Å². The third kappa shape index (κ3) is 1.45. The summed E-state index contributed by atoms with van der Waals surface area (Å²) in [5.74, 6) is -0.218. The van der Waals surface area contributed by atoms with E-state index in [4.69, 9.17) is 0 Å². The van der Waals surface area contributed by atoms with Gasteiger partial charge in [0.1, 0.15) is 5.82 Å². The van der Waals surface area contributed by atoms with Crippen LogP contribution in [-0.4, -0.2) is 9.97 Å². The van der Waals surface area contributed by atoms with Crippen molar-refractivity contribution in [3.05, 3.63) is 42.1 Å². The average Bonchev–Trinajstić information content (AvgIpc) is 2.56. The van der Waals surface area contributed by atoms with Crippen LogP contribution in [0.15, 0.2) is 30.7 Å². The molecule has 0 amide bonds. The predicted octanol–water partition coefficient (Wildman–Crippen LogP) is 2.52. The SMILES string of the molecule is Cc1ccc(-c2cnc[nH]2)c(F)c1. The molecule has 0 aliphatic carbocycles. The number of hydrogen-bond donors (Lipinski definition) is 1. The number of hydrogen-bond acceptors (Lipinski definition) is 1. The molecule has 0 aliphatic heterocycles. The number of rotatable bonds is 1. The van der Waals surface area contributed by atoms with Gasteiger partial charge in [0, 0.05) is 5.56 Å². The number of halogens is 1. The van der Waals surface area contributed by atoms with E-state index in [9.17, 15) is 4.39 Å². The van der Waals surface area contributed by atoms with Crippen LogP contribution < -0.4 is 0 Å². The van der Waals surface area contributed by atoms with Gasteiger partial charge in [-0.15, -0.1) is 0 Å². The van der Waals surface area contributed by atoms with Gasteiger partial charge < -0.3 is 4.98 Å². The Morgan fingerprint density at radius 3 is 2.85 bits per heavy atom. The first kappa shape index (κ1) is 7.98. The van der Waals surface area contributed by atoms with E-state index in [0.717, 1.165) is 5.56 Å². The Morgan fingerprint density at radius 1 is 1.38 bits per heavy atom. The molecule has 0 saturated heterocycles. The molecule has 2 aromatic rings. The number of H-pyrrole nitrogens is 1. The van der Waals surface area contributed by atoms with E-state index in [1.165, 1.54) is 12.4 Å². The van der Waals surface area contributed by atoms with Crippen molar-refractivity contribution in [1.29, 1.82) is 0 Å². The van der Waals surface area contributed by atoms with E-state index in [2.05, 4.69) is 9.97 Å². The molecule has 2 rings (SSSR count). The van der Waals surface area contributed by atoms with Crippen LogP contribution in [0, 0.1) is 12.7 Å². The van der Waals surface area contributed by atoms with Crippen molar-refractivity contribution >= 4 is 0 Å². The first-order valence-corrected chi connectivity index (χ1v) is 4.02. The van der Waals surface area contributed by atoms with E-state index in [-0.39, 0.29) is 5.82 Å². The molecule has 13 heavy (non-hydrogen) atoms. The molecule has 0 aliphatic rings. The molecular weight excluding hydrogens is 167 g/mol. The molecule has 1 heterocycles. The van der Waals surface area contributed by atoms with Crippen LogP contribution in [0.4, 0.5) is 4.39 Å². The molecular formula is C10H9FN2. The van der Waals surface area contributed by atoms with Gasteiger partial charge in [0.2, 0.25) is 0 Å². The second kappa shape index (κ2) is 3.01. The van der Waals surface area contributed by atoms with Gasteiger partial charge >= 0.3 is 0 Å². The van der Waals surface area contributed by atoms with Crippen LogP contribution >= 0.6 is 0 Å². The molecule has 66 valence electrons. The van der Waals surface area contributed by atoms with E-state index in [1.54, 1.807) is 12.3 Å². The fourth-order valence-electron chi connectivity index (χ4n) is 1.24. The zero-order valence-electron chi connectivity index (χ0n) is 7.21. The highest BCUT2D eigenvalue weighted by molar-refractivity contribution is 5.59. The summed E-state index contributed by atoms with van der Waals surface area (Å²) in [6.45, 7) is 1.86. The van der Waals surface area contributed by atoms with Crippen molar-refractivity contribution in [1.82, 2.24) is 9.97 Å². The Balaban J connectivity index is 2.53. The highest BCUT2D eigenvalue weighted by Gasteiger charge is 2.04. The van der Waals surface area contributed by atoms with E-state index < -0.39 is 0 Å². The Bertz CT molecular complexity index is 407. The van der Waals surface area contributed by atoms with Crippen LogP contribution in [0.1, 0.15) is 5.56 Å². The molecule has 0 atom stereocenters. The number of nitrogens with one attached hydrogen (secondary N) is 1. The molecule has 0 saturated carbocycles. The number of imidazole rings is 1. The van der Waals surface area contributed by atoms with Crippen LogP contribution in [-0.2, 0) is 0 Å². The lowest BCUT2D eigenvalue weighted by molar-refractivity contribution is 0.629. The zero-order valence-corrected chi connectivity index (χ0v) is 7.21. The van der Waals surface area contributed by atoms with Gasteiger partial charge in [-0.1, -0.05) is 6.07 Å². The number of aromatic amines is 1. The van der Waals surface area contributed by atoms with Crippen LogP contribution in [0.2, 0.25) is 0 Å². The normalized spacial score (nSPS) is 10.3. The first-order valence-electron chi connectivity index (χ1n) is 4.02. The summed E-state index contributed by atoms with van der Waals surface area (Å²) in [7, 11) is 0. The highest BCUT2D eigenvalue weighted by Crippen LogP contribution is 2.20. The molecule has 0 bridgehead atoms. The summed E-state index contributed by atoms with van der Waals surface area (Å²) in [6.07, 6.45) is 3.14. The summed E-state index contributed by atoms with van der Waals surface area (Å²) in [4.78, 5) is 6.70. The van der Waals surface area contributed by atoms with Gasteiger partial charge in [-0.3, -0.25) is 0 Å². The quantitative estimate of drug-likeness (QED) is 0.710. The monoisotopic (exact) mass is 176 g/mol. The van der Waals surface area contributed by atoms with Gasteiger partial charge in [0.05, 0.1) is 18.2 Å². The molecule has 0 spiro atoms. The summed E-state index contributed by atoms with van der Waals surface area (Å²) in [5, 5.41) is 0. The average molecular weight is 176 g/mol. The smallest absolute Gasteiger partial charge is 0.132 e. The fourth-order valence-corrected chi connectivity index (χ4v) is 1.24. The lowest BCUT2D eigenvalue weighted by Gasteiger charge is -2.00. The predicted molar refractivity (Wildman–Crippen MR) is 48.7 cm³/mol. The van der Waals surface area contributed by atoms with Gasteiger partial charge in [0.15, 0.2) is 0 Å². The lowest BCUT2D eigenvalue weighted by Crippen LogP contribution is -1.85. The Kier molecular flexibility index (Phi) is 1.85. The molecule has 0 fully saturated rings. The highest BCUT2D eigenvalue weighted by atomic mass is 19.1. The largest absolute Gasteiger partial charge is 0.345 e. The van der Waals surface area contributed by atoms with Crippen molar-refractivity contribution in [2.24, 2.45) is 0 Å². The van der Waals surface area contributed by atoms with Crippen molar-refractivity contribution in [3.63, 3.8) is 0 Å². The van der Waals surface area contributed by atoms with Crippen molar-refractivity contribution < 1.29 is 4.39 Å². The number of benzene rings is 1. The summed E-state index contributed by atoms with van der Waals surface area (Å²) in [6, 6.07) is 5.13. The minimum atomic E-state index is -0.218. The summed E-state index contributed by atoms with van der Waals surface area (Å²) in [5.41, 5.74) is 2.18. The maximum Gasteiger partial charge on any atom is 0.132 e. The summed E-state index contributed by atoms with van der Waals surface area (Å²) < 4.78 is 13.4. The molecule has 0 unspecified atom stereocenters. The number of aromatic nitrogens is 2. The number of nitrogens with zero attached hydrogens (tertiary/aromatic N) is 1. The molecule has 2 nitrogen and oxygen atoms in total. The maximum atomic E-state index is 13.4. The number of aryl methyl sites for hydroxylation is 1. The van der Waals surface area contributed by atoms with Gasteiger partial charge in [-0.2, -0.15) is 0 Å². The second-order valence-corrected chi connectivity index (χ2v) is 2.95. The van der Waals surface area contributed by atoms with Gasteiger partial charge in [0.25, 0.3) is 0 Å². The topological polar surface area (TPSA) is 28.7 Å². The van der Waals surface area contributed by atoms with E-state index in [1.807, 2.05) is 13.0 Å². The standard InChI is InChI=1S/C10H9FN2/c1-7-2-3-8(9(11)4-7)10-5-12-6-13-10/h2-6H,1H3,(H,12,13). The fraction of sp³-hybridized carbons (Fsp3) is 0.100. The van der Waals surface area contributed by atoms with E-state index >= 15 is 0 Å². The van der Waals surface area contributed by atoms with Crippen LogP contribution in [0.5, 0.6) is 0 Å². The Morgan fingerprint density at radius 2 is 2.23 bits per heavy atom. The lowest BCUT2D eigenvalue weighted by atomic mass is 10.1. The second-order valence-electron chi connectivity index (χ2n) is 2.95. The van der Waals surface area contributed by atoms with Crippen molar-refractivity contribution in [2.75, 3.05) is 0 Å². The molecule has 0 radical (unpaired) electrons. The summed E-state index contributed by atoms with van der Waals surface area (Å²) >= 11 is 0. The van der Waals surface area contributed by atoms with Crippen molar-refractivity contribution in [2.45, 2.75) is 6.92 Å². The van der Waals surface area contributed by atoms with Gasteiger partial charge in [-0.05, 0) is 24.6 Å². The Hall–Kier alpha value is -1.64. The molecule has 1 aromatic carbocycles. The van der Waals surface area contributed by atoms with Crippen molar-refractivity contribution in [3.8, 4) is 11.3 Å². The van der Waals surface area contributed by atoms with Crippen LogP contribution in [0.3, 0.4) is 0 Å². The molecule has 1 aromatic heterocycles. The first-order chi connectivity index (χ1) is 6.27. The zero-order chi connectivity index (χ0) is 9.26. The maximum absolute atomic E-state index is 13.4. The third-order valence-corrected chi connectivity index (χ3v) is 1.91.